The van der Waals surface area contributed by atoms with Gasteiger partial charge >= 0.3 is 6.18 Å². The van der Waals surface area contributed by atoms with Crippen LogP contribution in [0.5, 0.6) is 0 Å². The van der Waals surface area contributed by atoms with E-state index in [0.29, 0.717) is 5.82 Å². The van der Waals surface area contributed by atoms with Crippen molar-refractivity contribution in [1.29, 1.82) is 0 Å². The van der Waals surface area contributed by atoms with E-state index in [1.54, 1.807) is 5.32 Å². The van der Waals surface area contributed by atoms with Crippen LogP contribution in [-0.2, 0) is 10.2 Å². The van der Waals surface area contributed by atoms with E-state index in [0.717, 1.165) is 11.8 Å². The average Bonchev–Trinajstić information content (AvgIpc) is 2.64. The number of nitrogen functional groups attached to an aromatic ring is 1. The zero-order chi connectivity index (χ0) is 15.6. The van der Waals surface area contributed by atoms with Crippen LogP contribution >= 0.6 is 11.8 Å². The molecule has 0 aliphatic heterocycles. The standard InChI is InChI=1S/C10H16F3N5OS/c1-9(2,3)7-16-17-8(18(7)14)20-4-6(19)15-5-10(11,12)13/h4-5,14H2,1-3H3,(H,15,19). The maximum absolute atomic E-state index is 11.9. The van der Waals surface area contributed by atoms with E-state index in [-0.39, 0.29) is 16.3 Å². The molecule has 0 aliphatic carbocycles. The van der Waals surface area contributed by atoms with Crippen molar-refractivity contribution in [2.75, 3.05) is 18.1 Å². The van der Waals surface area contributed by atoms with Crippen molar-refractivity contribution in [2.24, 2.45) is 0 Å². The van der Waals surface area contributed by atoms with E-state index in [9.17, 15) is 18.0 Å². The van der Waals surface area contributed by atoms with Crippen LogP contribution in [0.25, 0.3) is 0 Å². The highest BCUT2D eigenvalue weighted by atomic mass is 32.2. The zero-order valence-electron chi connectivity index (χ0n) is 11.3. The van der Waals surface area contributed by atoms with Gasteiger partial charge in [-0.15, -0.1) is 10.2 Å². The van der Waals surface area contributed by atoms with Crippen molar-refractivity contribution < 1.29 is 18.0 Å². The van der Waals surface area contributed by atoms with Crippen LogP contribution in [0, 0.1) is 0 Å². The van der Waals surface area contributed by atoms with E-state index in [4.69, 9.17) is 5.84 Å². The van der Waals surface area contributed by atoms with Crippen molar-refractivity contribution in [1.82, 2.24) is 20.2 Å². The van der Waals surface area contributed by atoms with Gasteiger partial charge in [0.1, 0.15) is 6.54 Å². The highest BCUT2D eigenvalue weighted by Gasteiger charge is 2.28. The van der Waals surface area contributed by atoms with Crippen molar-refractivity contribution >= 4 is 17.7 Å². The minimum atomic E-state index is -4.42. The number of halogens is 3. The van der Waals surface area contributed by atoms with Crippen molar-refractivity contribution in [3.63, 3.8) is 0 Å². The van der Waals surface area contributed by atoms with Gasteiger partial charge in [-0.3, -0.25) is 4.79 Å². The number of nitrogens with one attached hydrogen (secondary N) is 1. The molecule has 1 aromatic rings. The summed E-state index contributed by atoms with van der Waals surface area (Å²) in [6.07, 6.45) is -4.42. The quantitative estimate of drug-likeness (QED) is 0.641. The van der Waals surface area contributed by atoms with Gasteiger partial charge in [-0.25, -0.2) is 4.68 Å². The number of alkyl halides is 3. The molecular weight excluding hydrogens is 295 g/mol. The summed E-state index contributed by atoms with van der Waals surface area (Å²) in [6.45, 7) is 4.33. The fourth-order valence-electron chi connectivity index (χ4n) is 1.27. The molecule has 6 nitrogen and oxygen atoms in total. The second kappa shape index (κ2) is 5.90. The molecule has 0 saturated carbocycles. The Labute approximate surface area is 118 Å². The Balaban J connectivity index is 2.55. The highest BCUT2D eigenvalue weighted by molar-refractivity contribution is 7.99. The molecule has 0 atom stereocenters. The number of amides is 1. The summed E-state index contributed by atoms with van der Waals surface area (Å²) < 4.78 is 37.0. The first-order valence-corrected chi connectivity index (χ1v) is 6.66. The number of thioether (sulfide) groups is 1. The summed E-state index contributed by atoms with van der Waals surface area (Å²) in [7, 11) is 0. The maximum Gasteiger partial charge on any atom is 0.405 e. The summed E-state index contributed by atoms with van der Waals surface area (Å²) in [5, 5.41) is 9.76. The number of carbonyl (C=O) groups is 1. The van der Waals surface area contributed by atoms with Crippen molar-refractivity contribution in [2.45, 2.75) is 37.5 Å². The molecule has 1 heterocycles. The van der Waals surface area contributed by atoms with Gasteiger partial charge in [-0.2, -0.15) is 13.2 Å². The normalized spacial score (nSPS) is 12.5. The lowest BCUT2D eigenvalue weighted by Crippen LogP contribution is -2.34. The van der Waals surface area contributed by atoms with Gasteiger partial charge in [0, 0.05) is 5.41 Å². The van der Waals surface area contributed by atoms with Crippen molar-refractivity contribution in [3.05, 3.63) is 5.82 Å². The number of nitrogens with two attached hydrogens (primary N) is 1. The first kappa shape index (κ1) is 16.6. The highest BCUT2D eigenvalue weighted by Crippen LogP contribution is 2.23. The van der Waals surface area contributed by atoms with Gasteiger partial charge in [0.2, 0.25) is 11.1 Å². The molecule has 10 heteroatoms. The topological polar surface area (TPSA) is 85.8 Å². The summed E-state index contributed by atoms with van der Waals surface area (Å²) in [5.74, 6) is 5.35. The predicted octanol–water partition coefficient (Wildman–Crippen LogP) is 1.06. The Bertz CT molecular complexity index is 480. The Morgan fingerprint density at radius 3 is 2.40 bits per heavy atom. The van der Waals surface area contributed by atoms with Gasteiger partial charge in [-0.05, 0) is 0 Å². The lowest BCUT2D eigenvalue weighted by molar-refractivity contribution is -0.136. The minimum absolute atomic E-state index is 0.213. The maximum atomic E-state index is 11.9. The fourth-order valence-corrected chi connectivity index (χ4v) is 1.95. The first-order valence-electron chi connectivity index (χ1n) is 5.68. The molecule has 1 rings (SSSR count). The summed E-state index contributed by atoms with van der Waals surface area (Å²) in [5.41, 5.74) is -0.320. The molecular formula is C10H16F3N5OS. The van der Waals surface area contributed by atoms with Crippen LogP contribution in [0.15, 0.2) is 5.16 Å². The Morgan fingerprint density at radius 2 is 1.95 bits per heavy atom. The molecule has 0 radical (unpaired) electrons. The lowest BCUT2D eigenvalue weighted by atomic mass is 9.96. The zero-order valence-corrected chi connectivity index (χ0v) is 12.1. The fraction of sp³-hybridized carbons (Fsp3) is 0.700. The number of hydrogen-bond donors (Lipinski definition) is 2. The Kier molecular flexibility index (Phi) is 4.90. The molecule has 114 valence electrons. The van der Waals surface area contributed by atoms with Crippen LogP contribution < -0.4 is 11.2 Å². The molecule has 1 aromatic heterocycles. The van der Waals surface area contributed by atoms with Gasteiger partial charge in [0.05, 0.1) is 5.75 Å². The second-order valence-corrected chi connectivity index (χ2v) is 6.05. The lowest BCUT2D eigenvalue weighted by Gasteiger charge is -2.16. The SMILES string of the molecule is CC(C)(C)c1nnc(SCC(=O)NCC(F)(F)F)n1N. The number of rotatable bonds is 4. The van der Waals surface area contributed by atoms with Gasteiger partial charge < -0.3 is 11.2 Å². The van der Waals surface area contributed by atoms with Crippen LogP contribution in [0.2, 0.25) is 0 Å². The minimum Gasteiger partial charge on any atom is -0.346 e. The average molecular weight is 311 g/mol. The number of hydrogen-bond acceptors (Lipinski definition) is 5. The summed E-state index contributed by atoms with van der Waals surface area (Å²) in [6, 6.07) is 0. The smallest absolute Gasteiger partial charge is 0.346 e. The summed E-state index contributed by atoms with van der Waals surface area (Å²) >= 11 is 0.928. The van der Waals surface area contributed by atoms with E-state index in [2.05, 4.69) is 10.2 Å². The van der Waals surface area contributed by atoms with E-state index >= 15 is 0 Å². The third kappa shape index (κ3) is 4.91. The van der Waals surface area contributed by atoms with Gasteiger partial charge in [-0.1, -0.05) is 32.5 Å². The third-order valence-corrected chi connectivity index (χ3v) is 3.10. The molecule has 0 aromatic carbocycles. The van der Waals surface area contributed by atoms with E-state index in [1.807, 2.05) is 20.8 Å². The van der Waals surface area contributed by atoms with Gasteiger partial charge in [0.15, 0.2) is 5.82 Å². The van der Waals surface area contributed by atoms with Gasteiger partial charge in [0.25, 0.3) is 0 Å². The molecule has 1 amide bonds. The molecule has 0 saturated heterocycles. The Hall–Kier alpha value is -1.45. The molecule has 0 bridgehead atoms. The number of nitrogens with zero attached hydrogens (tertiary/aromatic N) is 3. The molecule has 3 N–H and O–H groups in total. The van der Waals surface area contributed by atoms with Crippen LogP contribution in [0.4, 0.5) is 13.2 Å². The predicted molar refractivity (Wildman–Crippen MR) is 68.7 cm³/mol. The molecule has 20 heavy (non-hydrogen) atoms. The number of carbonyl (C=O) groups excluding carboxylic acids is 1. The van der Waals surface area contributed by atoms with Crippen molar-refractivity contribution in [3.8, 4) is 0 Å². The molecule has 0 aliphatic rings. The largest absolute Gasteiger partial charge is 0.405 e. The number of aromatic nitrogens is 3. The van der Waals surface area contributed by atoms with Crippen LogP contribution in [0.1, 0.15) is 26.6 Å². The van der Waals surface area contributed by atoms with E-state index in [1.165, 1.54) is 4.68 Å². The molecule has 0 spiro atoms. The molecule has 0 fully saturated rings. The monoisotopic (exact) mass is 311 g/mol. The summed E-state index contributed by atoms with van der Waals surface area (Å²) in [4.78, 5) is 11.2. The van der Waals surface area contributed by atoms with Crippen LogP contribution in [-0.4, -0.2) is 39.3 Å². The van der Waals surface area contributed by atoms with Crippen LogP contribution in [0.3, 0.4) is 0 Å². The second-order valence-electron chi connectivity index (χ2n) is 5.11. The molecule has 0 unspecified atom stereocenters. The first-order chi connectivity index (χ1) is 9.00. The van der Waals surface area contributed by atoms with E-state index < -0.39 is 18.6 Å². The Morgan fingerprint density at radius 1 is 1.35 bits per heavy atom. The third-order valence-electron chi connectivity index (χ3n) is 2.15.